The number of para-hydroxylation sites is 1. The fourth-order valence-electron chi connectivity index (χ4n) is 1.47. The quantitative estimate of drug-likeness (QED) is 0.499. The van der Waals surface area contributed by atoms with Crippen molar-refractivity contribution in [3.05, 3.63) is 24.3 Å². The van der Waals surface area contributed by atoms with Gasteiger partial charge in [0.05, 0.1) is 11.8 Å². The largest absolute Gasteiger partial charge is 0.398 e. The van der Waals surface area contributed by atoms with Crippen molar-refractivity contribution in [1.82, 2.24) is 10.0 Å². The van der Waals surface area contributed by atoms with Gasteiger partial charge in [-0.1, -0.05) is 12.1 Å². The molecule has 1 atom stereocenters. The van der Waals surface area contributed by atoms with Crippen molar-refractivity contribution in [2.75, 3.05) is 24.3 Å². The number of benzene rings is 1. The molecule has 1 rings (SSSR count). The maximum Gasteiger partial charge on any atom is 0.237 e. The van der Waals surface area contributed by atoms with Gasteiger partial charge in [0.1, 0.15) is 0 Å². The van der Waals surface area contributed by atoms with E-state index in [-0.39, 0.29) is 11.7 Å². The second-order valence-corrected chi connectivity index (χ2v) is 7.17. The summed E-state index contributed by atoms with van der Waals surface area (Å²) in [7, 11) is -2.03. The van der Waals surface area contributed by atoms with Crippen LogP contribution in [0.2, 0.25) is 0 Å². The molecule has 0 fully saturated rings. The Bertz CT molecular complexity index is 561. The third-order valence-electron chi connectivity index (χ3n) is 2.52. The molecule has 0 aliphatic rings. The molecule has 0 radical (unpaired) electrons. The highest BCUT2D eigenvalue weighted by molar-refractivity contribution is 8.00. The lowest BCUT2D eigenvalue weighted by Crippen LogP contribution is -2.44. The molecule has 0 aromatic heterocycles. The Morgan fingerprint density at radius 2 is 2.05 bits per heavy atom. The number of nitrogen functional groups attached to an aromatic ring is 1. The molecule has 6 nitrogen and oxygen atoms in total. The zero-order valence-corrected chi connectivity index (χ0v) is 13.1. The van der Waals surface area contributed by atoms with Gasteiger partial charge in [-0.3, -0.25) is 4.79 Å². The van der Waals surface area contributed by atoms with E-state index in [4.69, 9.17) is 5.73 Å². The predicted molar refractivity (Wildman–Crippen MR) is 82.0 cm³/mol. The monoisotopic (exact) mass is 317 g/mol. The molecule has 0 aliphatic heterocycles. The topological polar surface area (TPSA) is 101 Å². The summed E-state index contributed by atoms with van der Waals surface area (Å²) in [4.78, 5) is 12.1. The zero-order chi connectivity index (χ0) is 15.2. The number of sulfonamides is 1. The van der Waals surface area contributed by atoms with Crippen molar-refractivity contribution in [2.24, 2.45) is 0 Å². The molecule has 0 saturated heterocycles. The number of nitrogens with one attached hydrogen (secondary N) is 2. The Balaban J connectivity index is 2.48. The summed E-state index contributed by atoms with van der Waals surface area (Å²) < 4.78 is 25.9. The Hall–Kier alpha value is -1.25. The minimum absolute atomic E-state index is 0.0761. The van der Waals surface area contributed by atoms with Gasteiger partial charge in [0, 0.05) is 23.4 Å². The van der Waals surface area contributed by atoms with Crippen LogP contribution in [0.25, 0.3) is 0 Å². The summed E-state index contributed by atoms with van der Waals surface area (Å²) >= 11 is 1.37. The average molecular weight is 317 g/mol. The maximum atomic E-state index is 11.8. The molecule has 1 unspecified atom stereocenters. The van der Waals surface area contributed by atoms with Crippen LogP contribution in [0.15, 0.2) is 29.2 Å². The van der Waals surface area contributed by atoms with Crippen LogP contribution in [0, 0.1) is 0 Å². The summed E-state index contributed by atoms with van der Waals surface area (Å²) in [6, 6.07) is 6.49. The number of thioether (sulfide) groups is 1. The second kappa shape index (κ2) is 7.51. The smallest absolute Gasteiger partial charge is 0.237 e. The first-order chi connectivity index (χ1) is 9.35. The predicted octanol–water partition coefficient (Wildman–Crippen LogP) is 0.415. The number of carbonyl (C=O) groups is 1. The molecule has 0 aliphatic carbocycles. The first-order valence-electron chi connectivity index (χ1n) is 6.04. The summed E-state index contributed by atoms with van der Waals surface area (Å²) in [6.45, 7) is 1.50. The number of nitrogens with two attached hydrogens (primary N) is 1. The summed E-state index contributed by atoms with van der Waals surface area (Å²) in [5, 5.41) is 2.39. The third kappa shape index (κ3) is 5.40. The third-order valence-corrected chi connectivity index (χ3v) is 5.33. The first-order valence-corrected chi connectivity index (χ1v) is 8.68. The van der Waals surface area contributed by atoms with Crippen molar-refractivity contribution in [3.63, 3.8) is 0 Å². The van der Waals surface area contributed by atoms with Gasteiger partial charge < -0.3 is 11.1 Å². The minimum Gasteiger partial charge on any atom is -0.398 e. The van der Waals surface area contributed by atoms with Crippen LogP contribution in [0.3, 0.4) is 0 Å². The van der Waals surface area contributed by atoms with Crippen LogP contribution < -0.4 is 15.8 Å². The van der Waals surface area contributed by atoms with E-state index in [1.807, 2.05) is 18.2 Å². The lowest BCUT2D eigenvalue weighted by atomic mass is 10.3. The SMILES string of the molecule is CNC(=O)C(C)NS(=O)(=O)CCSc1ccccc1N. The highest BCUT2D eigenvalue weighted by Gasteiger charge is 2.19. The molecule has 1 aromatic rings. The standard InChI is InChI=1S/C12H19N3O3S2/c1-9(12(16)14-2)15-20(17,18)8-7-19-11-6-4-3-5-10(11)13/h3-6,9,15H,7-8,13H2,1-2H3,(H,14,16). The normalized spacial score (nSPS) is 12.9. The molecule has 0 saturated carbocycles. The number of hydrogen-bond donors (Lipinski definition) is 3. The van der Waals surface area contributed by atoms with Crippen molar-refractivity contribution in [3.8, 4) is 0 Å². The lowest BCUT2D eigenvalue weighted by Gasteiger charge is -2.12. The van der Waals surface area contributed by atoms with Crippen molar-refractivity contribution in [1.29, 1.82) is 0 Å². The van der Waals surface area contributed by atoms with Gasteiger partial charge in [0.15, 0.2) is 0 Å². The Labute approximate surface area is 123 Å². The molecule has 4 N–H and O–H groups in total. The molecule has 1 amide bonds. The maximum absolute atomic E-state index is 11.8. The van der Waals surface area contributed by atoms with Crippen molar-refractivity contribution in [2.45, 2.75) is 17.9 Å². The molecular weight excluding hydrogens is 298 g/mol. The highest BCUT2D eigenvalue weighted by atomic mass is 32.2. The lowest BCUT2D eigenvalue weighted by molar-refractivity contribution is -0.121. The van der Waals surface area contributed by atoms with E-state index in [0.29, 0.717) is 11.4 Å². The molecular formula is C12H19N3O3S2. The van der Waals surface area contributed by atoms with Gasteiger partial charge in [0.2, 0.25) is 15.9 Å². The number of hydrogen-bond acceptors (Lipinski definition) is 5. The number of rotatable bonds is 7. The van der Waals surface area contributed by atoms with E-state index in [1.165, 1.54) is 25.7 Å². The van der Waals surface area contributed by atoms with Gasteiger partial charge in [-0.2, -0.15) is 0 Å². The van der Waals surface area contributed by atoms with Gasteiger partial charge in [-0.05, 0) is 19.1 Å². The summed E-state index contributed by atoms with van der Waals surface area (Å²) in [5.74, 6) is -0.0781. The number of anilines is 1. The summed E-state index contributed by atoms with van der Waals surface area (Å²) in [6.07, 6.45) is 0. The molecule has 20 heavy (non-hydrogen) atoms. The molecule has 0 bridgehead atoms. The van der Waals surface area contributed by atoms with Gasteiger partial charge in [0.25, 0.3) is 0 Å². The Kier molecular flexibility index (Phi) is 6.31. The molecule has 112 valence electrons. The number of amides is 1. The van der Waals surface area contributed by atoms with Crippen LogP contribution in [0.4, 0.5) is 5.69 Å². The van der Waals surface area contributed by atoms with Crippen molar-refractivity contribution >= 4 is 33.4 Å². The van der Waals surface area contributed by atoms with E-state index in [1.54, 1.807) is 6.07 Å². The Morgan fingerprint density at radius 1 is 1.40 bits per heavy atom. The minimum atomic E-state index is -3.49. The average Bonchev–Trinajstić information content (AvgIpc) is 2.39. The van der Waals surface area contributed by atoms with E-state index in [2.05, 4.69) is 10.0 Å². The summed E-state index contributed by atoms with van der Waals surface area (Å²) in [5.41, 5.74) is 6.40. The molecule has 0 heterocycles. The van der Waals surface area contributed by atoms with E-state index >= 15 is 0 Å². The second-order valence-electron chi connectivity index (χ2n) is 4.16. The van der Waals surface area contributed by atoms with Crippen molar-refractivity contribution < 1.29 is 13.2 Å². The molecule has 1 aromatic carbocycles. The first kappa shape index (κ1) is 16.8. The van der Waals surface area contributed by atoms with Crippen LogP contribution >= 0.6 is 11.8 Å². The number of carbonyl (C=O) groups excluding carboxylic acids is 1. The van der Waals surface area contributed by atoms with Gasteiger partial charge in [-0.15, -0.1) is 11.8 Å². The zero-order valence-electron chi connectivity index (χ0n) is 11.4. The highest BCUT2D eigenvalue weighted by Crippen LogP contribution is 2.24. The van der Waals surface area contributed by atoms with E-state index in [9.17, 15) is 13.2 Å². The van der Waals surface area contributed by atoms with Gasteiger partial charge >= 0.3 is 0 Å². The van der Waals surface area contributed by atoms with Crippen LogP contribution in [-0.4, -0.2) is 38.9 Å². The van der Waals surface area contributed by atoms with E-state index in [0.717, 1.165) is 4.90 Å². The molecule has 8 heteroatoms. The van der Waals surface area contributed by atoms with E-state index < -0.39 is 16.1 Å². The Morgan fingerprint density at radius 3 is 2.65 bits per heavy atom. The van der Waals surface area contributed by atoms with Gasteiger partial charge in [-0.25, -0.2) is 13.1 Å². The number of likely N-dealkylation sites (N-methyl/N-ethyl adjacent to an activating group) is 1. The molecule has 0 spiro atoms. The van der Waals surface area contributed by atoms with Crippen LogP contribution in [-0.2, 0) is 14.8 Å². The van der Waals surface area contributed by atoms with Crippen LogP contribution in [0.5, 0.6) is 0 Å². The van der Waals surface area contributed by atoms with Crippen LogP contribution in [0.1, 0.15) is 6.92 Å². The fourth-order valence-corrected chi connectivity index (χ4v) is 4.08. The fraction of sp³-hybridized carbons (Fsp3) is 0.417.